The van der Waals surface area contributed by atoms with Crippen molar-refractivity contribution in [2.24, 2.45) is 0 Å². The highest BCUT2D eigenvalue weighted by molar-refractivity contribution is 5.28. The molecule has 0 bridgehead atoms. The van der Waals surface area contributed by atoms with E-state index in [0.29, 0.717) is 0 Å². The maximum atomic E-state index is 5.20. The summed E-state index contributed by atoms with van der Waals surface area (Å²) in [5.74, 6) is 0.926. The molecule has 1 rings (SSSR count). The minimum absolute atomic E-state index is 0.197. The van der Waals surface area contributed by atoms with E-state index in [1.165, 1.54) is 5.56 Å². The summed E-state index contributed by atoms with van der Waals surface area (Å²) in [7, 11) is 3.84. The van der Waals surface area contributed by atoms with Crippen LogP contribution in [0.2, 0.25) is 0 Å². The molecule has 0 aromatic heterocycles. The van der Waals surface area contributed by atoms with E-state index in [0.717, 1.165) is 12.3 Å². The summed E-state index contributed by atoms with van der Waals surface area (Å²) in [4.78, 5) is 2.32. The summed E-state index contributed by atoms with van der Waals surface area (Å²) >= 11 is 0. The van der Waals surface area contributed by atoms with Crippen LogP contribution in [0.25, 0.3) is 0 Å². The van der Waals surface area contributed by atoms with Crippen molar-refractivity contribution in [3.8, 4) is 5.75 Å². The Balaban J connectivity index is 2.72. The molecule has 0 unspecified atom stereocenters. The Morgan fingerprint density at radius 2 is 1.93 bits per heavy atom. The van der Waals surface area contributed by atoms with Crippen molar-refractivity contribution in [2.75, 3.05) is 14.2 Å². The van der Waals surface area contributed by atoms with Gasteiger partial charge in [-0.2, -0.15) is 0 Å². The fraction of sp³-hybridized carbons (Fsp3) is 0.538. The average Bonchev–Trinajstić information content (AvgIpc) is 2.16. The summed E-state index contributed by atoms with van der Waals surface area (Å²) in [6, 6.07) is 8.22. The lowest BCUT2D eigenvalue weighted by atomic mass is 10.1. The van der Waals surface area contributed by atoms with Gasteiger partial charge in [0, 0.05) is 12.1 Å². The van der Waals surface area contributed by atoms with E-state index in [1.54, 1.807) is 7.11 Å². The molecule has 0 atom stereocenters. The Morgan fingerprint density at radius 1 is 1.27 bits per heavy atom. The van der Waals surface area contributed by atoms with Gasteiger partial charge in [-0.1, -0.05) is 12.1 Å². The maximum absolute atomic E-state index is 5.20. The van der Waals surface area contributed by atoms with Crippen molar-refractivity contribution in [1.29, 1.82) is 0 Å². The smallest absolute Gasteiger partial charge is 0.119 e. The second-order valence-electron chi connectivity index (χ2n) is 4.88. The van der Waals surface area contributed by atoms with Gasteiger partial charge in [-0.3, -0.25) is 4.90 Å². The van der Waals surface area contributed by atoms with Gasteiger partial charge in [0.2, 0.25) is 0 Å². The Labute approximate surface area is 92.9 Å². The highest BCUT2D eigenvalue weighted by Crippen LogP contribution is 2.18. The lowest BCUT2D eigenvalue weighted by molar-refractivity contribution is 0.167. The molecule has 15 heavy (non-hydrogen) atoms. The van der Waals surface area contributed by atoms with Crippen LogP contribution in [0.5, 0.6) is 5.75 Å². The highest BCUT2D eigenvalue weighted by Gasteiger charge is 2.16. The zero-order valence-corrected chi connectivity index (χ0v) is 10.4. The normalized spacial score (nSPS) is 11.9. The maximum Gasteiger partial charge on any atom is 0.119 e. The van der Waals surface area contributed by atoms with Gasteiger partial charge in [-0.25, -0.2) is 0 Å². The second-order valence-corrected chi connectivity index (χ2v) is 4.88. The van der Waals surface area contributed by atoms with E-state index in [9.17, 15) is 0 Å². The summed E-state index contributed by atoms with van der Waals surface area (Å²) < 4.78 is 5.20. The van der Waals surface area contributed by atoms with E-state index in [4.69, 9.17) is 4.74 Å². The van der Waals surface area contributed by atoms with Gasteiger partial charge in [0.25, 0.3) is 0 Å². The third-order valence-corrected chi connectivity index (χ3v) is 2.70. The predicted octanol–water partition coefficient (Wildman–Crippen LogP) is 2.93. The van der Waals surface area contributed by atoms with Gasteiger partial charge < -0.3 is 4.74 Å². The van der Waals surface area contributed by atoms with E-state index in [-0.39, 0.29) is 5.54 Å². The molecule has 0 fully saturated rings. The van der Waals surface area contributed by atoms with Gasteiger partial charge >= 0.3 is 0 Å². The van der Waals surface area contributed by atoms with Crippen molar-refractivity contribution >= 4 is 0 Å². The summed E-state index contributed by atoms with van der Waals surface area (Å²) in [5, 5.41) is 0. The number of ether oxygens (including phenoxy) is 1. The van der Waals surface area contributed by atoms with E-state index in [2.05, 4.69) is 44.9 Å². The van der Waals surface area contributed by atoms with Crippen LogP contribution in [0, 0.1) is 0 Å². The molecule has 0 saturated carbocycles. The first-order valence-electron chi connectivity index (χ1n) is 5.27. The molecule has 1 aromatic rings. The van der Waals surface area contributed by atoms with Crippen LogP contribution in [0.15, 0.2) is 24.3 Å². The number of rotatable bonds is 3. The highest BCUT2D eigenvalue weighted by atomic mass is 16.5. The van der Waals surface area contributed by atoms with Crippen LogP contribution in [0.4, 0.5) is 0 Å². The van der Waals surface area contributed by atoms with Crippen LogP contribution in [-0.2, 0) is 6.54 Å². The molecular formula is C13H21NO. The monoisotopic (exact) mass is 207 g/mol. The third kappa shape index (κ3) is 3.56. The van der Waals surface area contributed by atoms with Gasteiger partial charge in [-0.15, -0.1) is 0 Å². The van der Waals surface area contributed by atoms with Crippen molar-refractivity contribution < 1.29 is 4.74 Å². The van der Waals surface area contributed by atoms with Crippen LogP contribution < -0.4 is 4.74 Å². The molecule has 0 heterocycles. The fourth-order valence-corrected chi connectivity index (χ4v) is 1.28. The molecule has 2 nitrogen and oxygen atoms in total. The van der Waals surface area contributed by atoms with Gasteiger partial charge in [-0.05, 0) is 45.5 Å². The molecule has 2 heteroatoms. The zero-order chi connectivity index (χ0) is 11.5. The summed E-state index contributed by atoms with van der Waals surface area (Å²) in [6.45, 7) is 7.59. The van der Waals surface area contributed by atoms with Crippen molar-refractivity contribution in [3.05, 3.63) is 29.8 Å². The number of nitrogens with zero attached hydrogens (tertiary/aromatic N) is 1. The SMILES string of the molecule is COc1cccc(CN(C)C(C)(C)C)c1. The third-order valence-electron chi connectivity index (χ3n) is 2.70. The zero-order valence-electron chi connectivity index (χ0n) is 10.4. The van der Waals surface area contributed by atoms with Gasteiger partial charge in [0.15, 0.2) is 0 Å². The molecular weight excluding hydrogens is 186 g/mol. The first-order valence-corrected chi connectivity index (χ1v) is 5.27. The lowest BCUT2D eigenvalue weighted by Gasteiger charge is -2.31. The van der Waals surface area contributed by atoms with Crippen molar-refractivity contribution in [1.82, 2.24) is 4.90 Å². The molecule has 0 radical (unpaired) electrons. The molecule has 0 amide bonds. The Kier molecular flexibility index (Phi) is 3.75. The van der Waals surface area contributed by atoms with E-state index < -0.39 is 0 Å². The largest absolute Gasteiger partial charge is 0.497 e. The van der Waals surface area contributed by atoms with Gasteiger partial charge in [0.1, 0.15) is 5.75 Å². The summed E-state index contributed by atoms with van der Waals surface area (Å²) in [6.07, 6.45) is 0. The number of hydrogen-bond acceptors (Lipinski definition) is 2. The van der Waals surface area contributed by atoms with E-state index >= 15 is 0 Å². The molecule has 0 aliphatic rings. The minimum atomic E-state index is 0.197. The molecule has 0 N–H and O–H groups in total. The first kappa shape index (κ1) is 12.1. The molecule has 0 aliphatic heterocycles. The van der Waals surface area contributed by atoms with Crippen molar-refractivity contribution in [2.45, 2.75) is 32.9 Å². The number of methoxy groups -OCH3 is 1. The molecule has 0 aliphatic carbocycles. The Bertz CT molecular complexity index is 315. The Hall–Kier alpha value is -1.02. The lowest BCUT2D eigenvalue weighted by Crippen LogP contribution is -2.37. The molecule has 1 aromatic carbocycles. The number of benzene rings is 1. The van der Waals surface area contributed by atoms with Gasteiger partial charge in [0.05, 0.1) is 7.11 Å². The van der Waals surface area contributed by atoms with Crippen LogP contribution >= 0.6 is 0 Å². The molecule has 84 valence electrons. The van der Waals surface area contributed by atoms with Crippen LogP contribution in [0.3, 0.4) is 0 Å². The topological polar surface area (TPSA) is 12.5 Å². The fourth-order valence-electron chi connectivity index (χ4n) is 1.28. The van der Waals surface area contributed by atoms with Crippen molar-refractivity contribution in [3.63, 3.8) is 0 Å². The minimum Gasteiger partial charge on any atom is -0.497 e. The average molecular weight is 207 g/mol. The van der Waals surface area contributed by atoms with Crippen LogP contribution in [-0.4, -0.2) is 24.6 Å². The van der Waals surface area contributed by atoms with Crippen LogP contribution in [0.1, 0.15) is 26.3 Å². The van der Waals surface area contributed by atoms with E-state index in [1.807, 2.05) is 12.1 Å². The second kappa shape index (κ2) is 4.67. The molecule has 0 spiro atoms. The Morgan fingerprint density at radius 3 is 2.47 bits per heavy atom. The first-order chi connectivity index (χ1) is 6.93. The quantitative estimate of drug-likeness (QED) is 0.755. The number of hydrogen-bond donors (Lipinski definition) is 0. The predicted molar refractivity (Wildman–Crippen MR) is 64.2 cm³/mol. The molecule has 0 saturated heterocycles. The standard InChI is InChI=1S/C13H21NO/c1-13(2,3)14(4)10-11-7-6-8-12(9-11)15-5/h6-9H,10H2,1-5H3. The summed E-state index contributed by atoms with van der Waals surface area (Å²) in [5.41, 5.74) is 1.48.